The third-order valence-corrected chi connectivity index (χ3v) is 2.94. The molecule has 0 spiro atoms. The first-order chi connectivity index (χ1) is 9.66. The first-order valence-corrected chi connectivity index (χ1v) is 5.98. The minimum Gasteiger partial charge on any atom is -0.166 e. The fourth-order valence-corrected chi connectivity index (χ4v) is 1.90. The maximum Gasteiger partial charge on any atom is 0.416 e. The molecule has 0 aliphatic heterocycles. The van der Waals surface area contributed by atoms with Crippen LogP contribution in [-0.4, -0.2) is 0 Å². The molecule has 0 aliphatic rings. The number of halogens is 6. The Hall–Kier alpha value is -1.98. The molecule has 0 unspecified atom stereocenters. The smallest absolute Gasteiger partial charge is 0.166 e. The molecular weight excluding hydrogens is 294 g/mol. The summed E-state index contributed by atoms with van der Waals surface area (Å²) in [4.78, 5) is 0. The molecule has 0 fully saturated rings. The maximum atomic E-state index is 12.6. The molecule has 0 aromatic heterocycles. The van der Waals surface area contributed by atoms with Gasteiger partial charge in [-0.05, 0) is 35.7 Å². The third kappa shape index (κ3) is 4.00. The van der Waals surface area contributed by atoms with E-state index in [1.807, 2.05) is 0 Å². The van der Waals surface area contributed by atoms with Gasteiger partial charge in [-0.1, -0.05) is 30.3 Å². The summed E-state index contributed by atoms with van der Waals surface area (Å²) in [5.41, 5.74) is -0.644. The van der Waals surface area contributed by atoms with Crippen LogP contribution in [0.15, 0.2) is 48.5 Å². The van der Waals surface area contributed by atoms with E-state index in [1.54, 1.807) is 0 Å². The Morgan fingerprint density at radius 2 is 1.19 bits per heavy atom. The van der Waals surface area contributed by atoms with E-state index in [2.05, 4.69) is 0 Å². The molecule has 0 radical (unpaired) electrons. The van der Waals surface area contributed by atoms with Crippen LogP contribution in [0.1, 0.15) is 22.3 Å². The van der Waals surface area contributed by atoms with Crippen LogP contribution in [-0.2, 0) is 18.8 Å². The summed E-state index contributed by atoms with van der Waals surface area (Å²) >= 11 is 0. The summed E-state index contributed by atoms with van der Waals surface area (Å²) in [6.07, 6.45) is -8.72. The van der Waals surface area contributed by atoms with Crippen molar-refractivity contribution in [3.05, 3.63) is 70.8 Å². The van der Waals surface area contributed by atoms with Gasteiger partial charge in [0.1, 0.15) is 0 Å². The zero-order valence-corrected chi connectivity index (χ0v) is 10.6. The summed E-state index contributed by atoms with van der Waals surface area (Å²) < 4.78 is 74.9. The molecule has 0 atom stereocenters. The van der Waals surface area contributed by atoms with Gasteiger partial charge in [-0.2, -0.15) is 26.3 Å². The van der Waals surface area contributed by atoms with Gasteiger partial charge in [0, 0.05) is 0 Å². The molecule has 0 heterocycles. The Morgan fingerprint density at radius 1 is 0.619 bits per heavy atom. The van der Waals surface area contributed by atoms with Gasteiger partial charge in [0.25, 0.3) is 0 Å². The van der Waals surface area contributed by atoms with Crippen molar-refractivity contribution in [2.45, 2.75) is 18.8 Å². The monoisotopic (exact) mass is 304 g/mol. The fraction of sp³-hybridized carbons (Fsp3) is 0.200. The SMILES string of the molecule is FC(F)(F)c1ccc(Cc2cccc(C(F)(F)F)c2)cc1. The zero-order valence-electron chi connectivity index (χ0n) is 10.6. The summed E-state index contributed by atoms with van der Waals surface area (Å²) in [5, 5.41) is 0. The Bertz CT molecular complexity index is 607. The van der Waals surface area contributed by atoms with E-state index >= 15 is 0 Å². The van der Waals surface area contributed by atoms with E-state index in [0.717, 1.165) is 24.3 Å². The topological polar surface area (TPSA) is 0 Å². The molecule has 6 heteroatoms. The third-order valence-electron chi connectivity index (χ3n) is 2.94. The van der Waals surface area contributed by atoms with E-state index in [9.17, 15) is 26.3 Å². The highest BCUT2D eigenvalue weighted by atomic mass is 19.4. The Labute approximate surface area is 117 Å². The van der Waals surface area contributed by atoms with E-state index < -0.39 is 23.5 Å². The molecule has 0 amide bonds. The Balaban J connectivity index is 2.19. The number of hydrogen-bond donors (Lipinski definition) is 0. The Morgan fingerprint density at radius 3 is 1.71 bits per heavy atom. The molecule has 0 nitrogen and oxygen atoms in total. The van der Waals surface area contributed by atoms with E-state index in [-0.39, 0.29) is 6.42 Å². The van der Waals surface area contributed by atoms with Crippen LogP contribution < -0.4 is 0 Å². The lowest BCUT2D eigenvalue weighted by Crippen LogP contribution is -2.06. The first-order valence-electron chi connectivity index (χ1n) is 5.98. The molecule has 2 aromatic rings. The van der Waals surface area contributed by atoms with Gasteiger partial charge in [-0.15, -0.1) is 0 Å². The van der Waals surface area contributed by atoms with E-state index in [1.165, 1.54) is 24.3 Å². The predicted octanol–water partition coefficient (Wildman–Crippen LogP) is 5.32. The van der Waals surface area contributed by atoms with Crippen molar-refractivity contribution < 1.29 is 26.3 Å². The molecule has 2 rings (SSSR count). The largest absolute Gasteiger partial charge is 0.416 e. The molecule has 0 aliphatic carbocycles. The van der Waals surface area contributed by atoms with Gasteiger partial charge < -0.3 is 0 Å². The highest BCUT2D eigenvalue weighted by Gasteiger charge is 2.31. The molecular formula is C15H10F6. The zero-order chi connectivity index (χ0) is 15.7. The van der Waals surface area contributed by atoms with Crippen molar-refractivity contribution >= 4 is 0 Å². The van der Waals surface area contributed by atoms with E-state index in [0.29, 0.717) is 11.1 Å². The van der Waals surface area contributed by atoms with Crippen LogP contribution in [0.3, 0.4) is 0 Å². The number of benzene rings is 2. The minimum atomic E-state index is -4.43. The maximum absolute atomic E-state index is 12.6. The summed E-state index contributed by atoms with van der Waals surface area (Å²) in [5.74, 6) is 0. The lowest BCUT2D eigenvalue weighted by molar-refractivity contribution is -0.138. The average molecular weight is 304 g/mol. The number of alkyl halides is 6. The van der Waals surface area contributed by atoms with Gasteiger partial charge in [-0.3, -0.25) is 0 Å². The minimum absolute atomic E-state index is 0.141. The lowest BCUT2D eigenvalue weighted by atomic mass is 10.0. The second-order valence-electron chi connectivity index (χ2n) is 4.57. The highest BCUT2D eigenvalue weighted by Crippen LogP contribution is 2.31. The Kier molecular flexibility index (Phi) is 3.98. The van der Waals surface area contributed by atoms with Crippen LogP contribution in [0.5, 0.6) is 0 Å². The second kappa shape index (κ2) is 5.42. The van der Waals surface area contributed by atoms with Crippen molar-refractivity contribution in [1.82, 2.24) is 0 Å². The van der Waals surface area contributed by atoms with Crippen molar-refractivity contribution in [1.29, 1.82) is 0 Å². The first kappa shape index (κ1) is 15.4. The van der Waals surface area contributed by atoms with Crippen LogP contribution >= 0.6 is 0 Å². The van der Waals surface area contributed by atoms with E-state index in [4.69, 9.17) is 0 Å². The molecule has 0 saturated heterocycles. The van der Waals surface area contributed by atoms with Crippen molar-refractivity contribution in [3.63, 3.8) is 0 Å². The normalized spacial score (nSPS) is 12.5. The molecule has 0 bridgehead atoms. The standard InChI is InChI=1S/C15H10F6/c16-14(17,18)12-6-4-10(5-7-12)8-11-2-1-3-13(9-11)15(19,20)21/h1-7,9H,8H2. The predicted molar refractivity (Wildman–Crippen MR) is 65.7 cm³/mol. The van der Waals surface area contributed by atoms with Gasteiger partial charge in [0.15, 0.2) is 0 Å². The number of rotatable bonds is 2. The highest BCUT2D eigenvalue weighted by molar-refractivity contribution is 5.32. The summed E-state index contributed by atoms with van der Waals surface area (Å²) in [7, 11) is 0. The molecule has 0 N–H and O–H groups in total. The van der Waals surface area contributed by atoms with Crippen molar-refractivity contribution in [2.75, 3.05) is 0 Å². The molecule has 21 heavy (non-hydrogen) atoms. The quantitative estimate of drug-likeness (QED) is 0.659. The van der Waals surface area contributed by atoms with Crippen LogP contribution in [0.4, 0.5) is 26.3 Å². The van der Waals surface area contributed by atoms with Gasteiger partial charge >= 0.3 is 12.4 Å². The van der Waals surface area contributed by atoms with Crippen LogP contribution in [0.25, 0.3) is 0 Å². The summed E-state index contributed by atoms with van der Waals surface area (Å²) in [6, 6.07) is 9.11. The molecule has 2 aromatic carbocycles. The van der Waals surface area contributed by atoms with Gasteiger partial charge in [0.2, 0.25) is 0 Å². The lowest BCUT2D eigenvalue weighted by Gasteiger charge is -2.10. The van der Waals surface area contributed by atoms with Crippen LogP contribution in [0, 0.1) is 0 Å². The van der Waals surface area contributed by atoms with Gasteiger partial charge in [-0.25, -0.2) is 0 Å². The fourth-order valence-electron chi connectivity index (χ4n) is 1.90. The van der Waals surface area contributed by atoms with Crippen molar-refractivity contribution in [3.8, 4) is 0 Å². The average Bonchev–Trinajstić information content (AvgIpc) is 2.37. The second-order valence-corrected chi connectivity index (χ2v) is 4.57. The number of hydrogen-bond acceptors (Lipinski definition) is 0. The van der Waals surface area contributed by atoms with Crippen LogP contribution in [0.2, 0.25) is 0 Å². The molecule has 112 valence electrons. The molecule has 0 saturated carbocycles. The van der Waals surface area contributed by atoms with Crippen molar-refractivity contribution in [2.24, 2.45) is 0 Å². The summed E-state index contributed by atoms with van der Waals surface area (Å²) in [6.45, 7) is 0. The van der Waals surface area contributed by atoms with Gasteiger partial charge in [0.05, 0.1) is 11.1 Å².